The molecule has 0 aliphatic heterocycles. The standard InChI is InChI=1S/C17H26O3/c1-9(2)15-14-8-10(3)6-7-13(14)11(4)17(16(15)19)20-12(5)18/h8,11,13-14,16-17,19H,6-7H2,1-5H3. The van der Waals surface area contributed by atoms with Crippen LogP contribution in [0.25, 0.3) is 0 Å². The highest BCUT2D eigenvalue weighted by molar-refractivity contribution is 5.66. The van der Waals surface area contributed by atoms with Crippen molar-refractivity contribution in [1.82, 2.24) is 0 Å². The second kappa shape index (κ2) is 5.72. The average molecular weight is 278 g/mol. The number of ether oxygens (including phenoxy) is 1. The number of hydrogen-bond acceptors (Lipinski definition) is 3. The van der Waals surface area contributed by atoms with E-state index in [2.05, 4.69) is 19.9 Å². The lowest BCUT2D eigenvalue weighted by Gasteiger charge is -2.47. The Bertz CT molecular complexity index is 457. The third-order valence-electron chi connectivity index (χ3n) is 4.86. The van der Waals surface area contributed by atoms with Gasteiger partial charge < -0.3 is 9.84 Å². The molecule has 20 heavy (non-hydrogen) atoms. The highest BCUT2D eigenvalue weighted by atomic mass is 16.6. The zero-order chi connectivity index (χ0) is 15.0. The summed E-state index contributed by atoms with van der Waals surface area (Å²) in [4.78, 5) is 11.3. The molecule has 112 valence electrons. The Morgan fingerprint density at radius 2 is 2.00 bits per heavy atom. The number of fused-ring (bicyclic) bond motifs is 1. The number of aliphatic hydroxyl groups excluding tert-OH is 1. The van der Waals surface area contributed by atoms with Gasteiger partial charge in [-0.15, -0.1) is 0 Å². The Morgan fingerprint density at radius 3 is 2.55 bits per heavy atom. The van der Waals surface area contributed by atoms with E-state index < -0.39 is 12.2 Å². The molecule has 1 saturated carbocycles. The Balaban J connectivity index is 2.42. The first-order chi connectivity index (χ1) is 9.32. The molecule has 5 unspecified atom stereocenters. The molecule has 3 nitrogen and oxygen atoms in total. The van der Waals surface area contributed by atoms with Gasteiger partial charge in [0.05, 0.1) is 0 Å². The van der Waals surface area contributed by atoms with Crippen LogP contribution < -0.4 is 0 Å². The molecule has 0 aromatic rings. The van der Waals surface area contributed by atoms with E-state index in [4.69, 9.17) is 4.74 Å². The van der Waals surface area contributed by atoms with Crippen LogP contribution in [0.15, 0.2) is 22.8 Å². The third-order valence-corrected chi connectivity index (χ3v) is 4.86. The normalized spacial score (nSPS) is 37.0. The number of hydrogen-bond donors (Lipinski definition) is 1. The van der Waals surface area contributed by atoms with Gasteiger partial charge in [-0.1, -0.05) is 24.1 Å². The van der Waals surface area contributed by atoms with Gasteiger partial charge in [-0.05, 0) is 51.0 Å². The Hall–Kier alpha value is -1.09. The van der Waals surface area contributed by atoms with E-state index in [0.29, 0.717) is 11.8 Å². The minimum Gasteiger partial charge on any atom is -0.459 e. The van der Waals surface area contributed by atoms with Gasteiger partial charge in [-0.3, -0.25) is 4.79 Å². The van der Waals surface area contributed by atoms with E-state index >= 15 is 0 Å². The minimum absolute atomic E-state index is 0.186. The van der Waals surface area contributed by atoms with Crippen molar-refractivity contribution in [1.29, 1.82) is 0 Å². The lowest BCUT2D eigenvalue weighted by Crippen LogP contribution is -2.50. The van der Waals surface area contributed by atoms with Crippen LogP contribution in [-0.4, -0.2) is 23.3 Å². The van der Waals surface area contributed by atoms with Crippen LogP contribution in [0, 0.1) is 17.8 Å². The lowest BCUT2D eigenvalue weighted by atomic mass is 9.62. The van der Waals surface area contributed by atoms with Gasteiger partial charge in [0.25, 0.3) is 0 Å². The molecule has 2 aliphatic carbocycles. The molecule has 1 N–H and O–H groups in total. The van der Waals surface area contributed by atoms with Gasteiger partial charge >= 0.3 is 5.97 Å². The zero-order valence-corrected chi connectivity index (χ0v) is 13.1. The van der Waals surface area contributed by atoms with Gasteiger partial charge in [-0.25, -0.2) is 0 Å². The molecule has 5 atom stereocenters. The van der Waals surface area contributed by atoms with Gasteiger partial charge in [0.15, 0.2) is 0 Å². The van der Waals surface area contributed by atoms with E-state index in [1.54, 1.807) is 0 Å². The molecule has 0 heterocycles. The predicted octanol–water partition coefficient (Wildman–Crippen LogP) is 3.24. The van der Waals surface area contributed by atoms with Gasteiger partial charge in [0, 0.05) is 12.8 Å². The van der Waals surface area contributed by atoms with Crippen molar-refractivity contribution in [3.05, 3.63) is 22.8 Å². The third kappa shape index (κ3) is 2.69. The molecule has 3 heteroatoms. The monoisotopic (exact) mass is 278 g/mol. The second-order valence-corrected chi connectivity index (χ2v) is 6.57. The summed E-state index contributed by atoms with van der Waals surface area (Å²) in [5.41, 5.74) is 3.59. The van der Waals surface area contributed by atoms with Gasteiger partial charge in [-0.2, -0.15) is 0 Å². The Kier molecular flexibility index (Phi) is 4.38. The Labute approximate surface area is 121 Å². The first-order valence-corrected chi connectivity index (χ1v) is 7.52. The molecule has 0 bridgehead atoms. The van der Waals surface area contributed by atoms with E-state index in [-0.39, 0.29) is 11.9 Å². The van der Waals surface area contributed by atoms with Crippen LogP contribution in [0.1, 0.15) is 47.5 Å². The second-order valence-electron chi connectivity index (χ2n) is 6.57. The van der Waals surface area contributed by atoms with Crippen LogP contribution in [0.2, 0.25) is 0 Å². The molecule has 0 saturated heterocycles. The van der Waals surface area contributed by atoms with Crippen LogP contribution in [0.5, 0.6) is 0 Å². The first kappa shape index (κ1) is 15.3. The van der Waals surface area contributed by atoms with Gasteiger partial charge in [0.2, 0.25) is 0 Å². The van der Waals surface area contributed by atoms with Crippen molar-refractivity contribution >= 4 is 5.97 Å². The highest BCUT2D eigenvalue weighted by Crippen LogP contribution is 2.47. The fourth-order valence-corrected chi connectivity index (χ4v) is 3.90. The first-order valence-electron chi connectivity index (χ1n) is 7.52. The van der Waals surface area contributed by atoms with Crippen molar-refractivity contribution in [2.75, 3.05) is 0 Å². The smallest absolute Gasteiger partial charge is 0.303 e. The molecular weight excluding hydrogens is 252 g/mol. The zero-order valence-electron chi connectivity index (χ0n) is 13.1. The SMILES string of the molecule is CC(=O)OC1C(O)C(=C(C)C)C2C=C(C)CCC2C1C. The largest absolute Gasteiger partial charge is 0.459 e. The van der Waals surface area contributed by atoms with Crippen molar-refractivity contribution in [3.63, 3.8) is 0 Å². The maximum absolute atomic E-state index is 11.3. The molecule has 0 amide bonds. The summed E-state index contributed by atoms with van der Waals surface area (Å²) in [7, 11) is 0. The fourth-order valence-electron chi connectivity index (χ4n) is 3.90. The maximum Gasteiger partial charge on any atom is 0.303 e. The number of allylic oxidation sites excluding steroid dienone is 3. The summed E-state index contributed by atoms with van der Waals surface area (Å²) >= 11 is 0. The van der Waals surface area contributed by atoms with E-state index in [1.165, 1.54) is 12.5 Å². The summed E-state index contributed by atoms with van der Waals surface area (Å²) in [6, 6.07) is 0. The van der Waals surface area contributed by atoms with Crippen LogP contribution >= 0.6 is 0 Å². The summed E-state index contributed by atoms with van der Waals surface area (Å²) in [5.74, 6) is 0.628. The van der Waals surface area contributed by atoms with Crippen molar-refractivity contribution in [3.8, 4) is 0 Å². The van der Waals surface area contributed by atoms with Crippen LogP contribution in [-0.2, 0) is 9.53 Å². The highest BCUT2D eigenvalue weighted by Gasteiger charge is 2.46. The molecule has 0 radical (unpaired) electrons. The quantitative estimate of drug-likeness (QED) is 0.591. The number of carbonyl (C=O) groups excluding carboxylic acids is 1. The number of rotatable bonds is 1. The maximum atomic E-state index is 11.3. The average Bonchev–Trinajstić information content (AvgIpc) is 2.33. The summed E-state index contributed by atoms with van der Waals surface area (Å²) in [6.07, 6.45) is 3.42. The number of aliphatic hydroxyl groups is 1. The molecule has 1 fully saturated rings. The molecule has 2 rings (SSSR count). The van der Waals surface area contributed by atoms with Gasteiger partial charge in [0.1, 0.15) is 12.2 Å². The van der Waals surface area contributed by atoms with Crippen molar-refractivity contribution < 1.29 is 14.6 Å². The Morgan fingerprint density at radius 1 is 1.35 bits per heavy atom. The predicted molar refractivity (Wildman–Crippen MR) is 79.1 cm³/mol. The molecule has 0 spiro atoms. The van der Waals surface area contributed by atoms with Crippen LogP contribution in [0.4, 0.5) is 0 Å². The summed E-state index contributed by atoms with van der Waals surface area (Å²) in [5, 5.41) is 10.7. The topological polar surface area (TPSA) is 46.5 Å². The van der Waals surface area contributed by atoms with Crippen molar-refractivity contribution in [2.45, 2.75) is 59.7 Å². The van der Waals surface area contributed by atoms with E-state index in [1.807, 2.05) is 13.8 Å². The number of esters is 1. The fraction of sp³-hybridized carbons (Fsp3) is 0.706. The van der Waals surface area contributed by atoms with Crippen LogP contribution in [0.3, 0.4) is 0 Å². The summed E-state index contributed by atoms with van der Waals surface area (Å²) < 4.78 is 5.43. The molecule has 2 aliphatic rings. The lowest BCUT2D eigenvalue weighted by molar-refractivity contribution is -0.160. The molecule has 0 aromatic carbocycles. The molecule has 0 aromatic heterocycles. The molecular formula is C17H26O3. The minimum atomic E-state index is -0.678. The van der Waals surface area contributed by atoms with E-state index in [9.17, 15) is 9.90 Å². The summed E-state index contributed by atoms with van der Waals surface area (Å²) in [6.45, 7) is 9.75. The number of carbonyl (C=O) groups is 1. The van der Waals surface area contributed by atoms with E-state index in [0.717, 1.165) is 24.0 Å². The van der Waals surface area contributed by atoms with Crippen molar-refractivity contribution in [2.24, 2.45) is 17.8 Å².